The molecule has 0 saturated heterocycles. The van der Waals surface area contributed by atoms with Gasteiger partial charge in [0.25, 0.3) is 0 Å². The van der Waals surface area contributed by atoms with E-state index >= 15 is 0 Å². The molecular weight excluding hydrogens is 322 g/mol. The number of rotatable bonds is 7. The molecule has 0 heterocycles. The fraction of sp³-hybridized carbons (Fsp3) is 0.368. The van der Waals surface area contributed by atoms with E-state index in [1.807, 2.05) is 54.6 Å². The minimum Gasteiger partial charge on any atom is -0.496 e. The summed E-state index contributed by atoms with van der Waals surface area (Å²) in [4.78, 5) is 0. The number of methoxy groups -OCH3 is 1. The molecule has 3 rings (SSSR count). The Hall–Kier alpha value is -1.85. The summed E-state index contributed by atoms with van der Waals surface area (Å²) < 4.78 is 33.2. The van der Waals surface area contributed by atoms with Gasteiger partial charge in [-0.15, -0.1) is 0 Å². The smallest absolute Gasteiger partial charge is 0.215 e. The predicted octanol–water partition coefficient (Wildman–Crippen LogP) is 3.24. The van der Waals surface area contributed by atoms with Gasteiger partial charge in [-0.05, 0) is 24.5 Å². The number of nitrogens with one attached hydrogen (secondary N) is 1. The fourth-order valence-electron chi connectivity index (χ4n) is 3.32. The van der Waals surface area contributed by atoms with Crippen LogP contribution >= 0.6 is 0 Å². The molecule has 1 fully saturated rings. The van der Waals surface area contributed by atoms with Gasteiger partial charge in [-0.1, -0.05) is 55.0 Å². The normalized spacial score (nSPS) is 16.4. The molecule has 1 aliphatic rings. The van der Waals surface area contributed by atoms with Crippen LogP contribution in [0.1, 0.15) is 30.4 Å². The van der Waals surface area contributed by atoms with E-state index in [0.29, 0.717) is 6.54 Å². The zero-order valence-corrected chi connectivity index (χ0v) is 14.7. The first-order valence-corrected chi connectivity index (χ1v) is 9.85. The van der Waals surface area contributed by atoms with Crippen LogP contribution in [-0.2, 0) is 21.2 Å². The van der Waals surface area contributed by atoms with Gasteiger partial charge >= 0.3 is 0 Å². The van der Waals surface area contributed by atoms with Crippen LogP contribution in [-0.4, -0.2) is 22.1 Å². The lowest BCUT2D eigenvalue weighted by atomic mass is 9.64. The summed E-state index contributed by atoms with van der Waals surface area (Å²) in [5.74, 6) is 0.843. The van der Waals surface area contributed by atoms with E-state index in [2.05, 4.69) is 4.72 Å². The van der Waals surface area contributed by atoms with Crippen LogP contribution in [0.3, 0.4) is 0 Å². The van der Waals surface area contributed by atoms with E-state index in [4.69, 9.17) is 4.74 Å². The molecule has 1 saturated carbocycles. The van der Waals surface area contributed by atoms with Gasteiger partial charge < -0.3 is 4.74 Å². The van der Waals surface area contributed by atoms with Gasteiger partial charge in [-0.2, -0.15) is 0 Å². The number of sulfonamides is 1. The predicted molar refractivity (Wildman–Crippen MR) is 95.6 cm³/mol. The Morgan fingerprint density at radius 2 is 1.71 bits per heavy atom. The van der Waals surface area contributed by atoms with Gasteiger partial charge in [0.1, 0.15) is 5.75 Å². The lowest BCUT2D eigenvalue weighted by Gasteiger charge is -2.43. The lowest BCUT2D eigenvalue weighted by Crippen LogP contribution is -2.46. The Morgan fingerprint density at radius 1 is 1.04 bits per heavy atom. The summed E-state index contributed by atoms with van der Waals surface area (Å²) in [6, 6.07) is 17.2. The first-order valence-electron chi connectivity index (χ1n) is 8.19. The third kappa shape index (κ3) is 3.62. The Kier molecular flexibility index (Phi) is 4.92. The van der Waals surface area contributed by atoms with Crippen molar-refractivity contribution in [2.24, 2.45) is 0 Å². The molecule has 2 aromatic carbocycles. The van der Waals surface area contributed by atoms with E-state index < -0.39 is 10.0 Å². The molecule has 0 atom stereocenters. The van der Waals surface area contributed by atoms with E-state index in [1.54, 1.807) is 7.11 Å². The second-order valence-corrected chi connectivity index (χ2v) is 8.21. The molecule has 0 amide bonds. The van der Waals surface area contributed by atoms with E-state index in [1.165, 1.54) is 0 Å². The van der Waals surface area contributed by atoms with Crippen molar-refractivity contribution in [3.05, 3.63) is 65.7 Å². The van der Waals surface area contributed by atoms with Crippen molar-refractivity contribution in [2.45, 2.75) is 30.4 Å². The van der Waals surface area contributed by atoms with E-state index in [9.17, 15) is 8.42 Å². The fourth-order valence-corrected chi connectivity index (χ4v) is 4.55. The summed E-state index contributed by atoms with van der Waals surface area (Å²) in [5, 5.41) is 0. The van der Waals surface area contributed by atoms with Crippen LogP contribution in [0.15, 0.2) is 54.6 Å². The molecule has 24 heavy (non-hydrogen) atoms. The third-order valence-electron chi connectivity index (χ3n) is 4.82. The summed E-state index contributed by atoms with van der Waals surface area (Å²) in [6.07, 6.45) is 3.06. The van der Waals surface area contributed by atoms with Crippen LogP contribution in [0.25, 0.3) is 0 Å². The summed E-state index contributed by atoms with van der Waals surface area (Å²) in [7, 11) is -1.70. The molecule has 128 valence electrons. The summed E-state index contributed by atoms with van der Waals surface area (Å²) in [6.45, 7) is 0.419. The zero-order chi connectivity index (χ0) is 17.0. The Labute approximate surface area is 143 Å². The first kappa shape index (κ1) is 17.0. The van der Waals surface area contributed by atoms with Crippen molar-refractivity contribution in [1.29, 1.82) is 0 Å². The largest absolute Gasteiger partial charge is 0.496 e. The van der Waals surface area contributed by atoms with Gasteiger partial charge in [-0.3, -0.25) is 0 Å². The second-order valence-electron chi connectivity index (χ2n) is 6.40. The van der Waals surface area contributed by atoms with Crippen molar-refractivity contribution in [3.8, 4) is 5.75 Å². The monoisotopic (exact) mass is 345 g/mol. The Bertz CT molecular complexity index is 783. The van der Waals surface area contributed by atoms with Crippen LogP contribution in [0, 0.1) is 0 Å². The average Bonchev–Trinajstić information content (AvgIpc) is 2.55. The molecule has 4 nitrogen and oxygen atoms in total. The molecule has 2 aromatic rings. The molecule has 0 radical (unpaired) electrons. The highest BCUT2D eigenvalue weighted by atomic mass is 32.2. The summed E-state index contributed by atoms with van der Waals surface area (Å²) >= 11 is 0. The molecular formula is C19H23NO3S. The highest BCUT2D eigenvalue weighted by Gasteiger charge is 2.41. The molecule has 0 spiro atoms. The molecule has 1 N–H and O–H groups in total. The SMILES string of the molecule is COc1ccccc1C1(CNS(=O)(=O)Cc2ccccc2)CCC1. The van der Waals surface area contributed by atoms with E-state index in [-0.39, 0.29) is 11.2 Å². The Balaban J connectivity index is 1.74. The maximum absolute atomic E-state index is 12.4. The molecule has 0 unspecified atom stereocenters. The molecule has 5 heteroatoms. The van der Waals surface area contributed by atoms with Crippen molar-refractivity contribution < 1.29 is 13.2 Å². The van der Waals surface area contributed by atoms with Crippen molar-refractivity contribution in [3.63, 3.8) is 0 Å². The highest BCUT2D eigenvalue weighted by Crippen LogP contribution is 2.46. The third-order valence-corrected chi connectivity index (χ3v) is 6.12. The van der Waals surface area contributed by atoms with Crippen LogP contribution < -0.4 is 9.46 Å². The maximum Gasteiger partial charge on any atom is 0.215 e. The average molecular weight is 345 g/mol. The van der Waals surface area contributed by atoms with Crippen LogP contribution in [0.4, 0.5) is 0 Å². The first-order chi connectivity index (χ1) is 11.5. The number of ether oxygens (including phenoxy) is 1. The number of hydrogen-bond acceptors (Lipinski definition) is 3. The highest BCUT2D eigenvalue weighted by molar-refractivity contribution is 7.88. The molecule has 1 aliphatic carbocycles. The van der Waals surface area contributed by atoms with Gasteiger partial charge in [0.2, 0.25) is 10.0 Å². The van der Waals surface area contributed by atoms with Crippen LogP contribution in [0.2, 0.25) is 0 Å². The number of para-hydroxylation sites is 1. The van der Waals surface area contributed by atoms with Crippen LogP contribution in [0.5, 0.6) is 5.75 Å². The summed E-state index contributed by atoms with van der Waals surface area (Å²) in [5.41, 5.74) is 1.74. The Morgan fingerprint density at radius 3 is 2.33 bits per heavy atom. The maximum atomic E-state index is 12.4. The van der Waals surface area contributed by atoms with Gasteiger partial charge in [-0.25, -0.2) is 13.1 Å². The molecule has 0 aliphatic heterocycles. The number of benzene rings is 2. The van der Waals surface area contributed by atoms with Gasteiger partial charge in [0.15, 0.2) is 0 Å². The van der Waals surface area contributed by atoms with Gasteiger partial charge in [0.05, 0.1) is 12.9 Å². The minimum atomic E-state index is -3.36. The van der Waals surface area contributed by atoms with Crippen molar-refractivity contribution in [1.82, 2.24) is 4.72 Å². The second kappa shape index (κ2) is 6.95. The quantitative estimate of drug-likeness (QED) is 0.838. The van der Waals surface area contributed by atoms with Gasteiger partial charge in [0, 0.05) is 17.5 Å². The zero-order valence-electron chi connectivity index (χ0n) is 13.9. The lowest BCUT2D eigenvalue weighted by molar-refractivity contribution is 0.236. The minimum absolute atomic E-state index is 0.00977. The van der Waals surface area contributed by atoms with E-state index in [0.717, 1.165) is 36.1 Å². The number of hydrogen-bond donors (Lipinski definition) is 1. The molecule has 0 aromatic heterocycles. The van der Waals surface area contributed by atoms with Crippen molar-refractivity contribution in [2.75, 3.05) is 13.7 Å². The topological polar surface area (TPSA) is 55.4 Å². The molecule has 0 bridgehead atoms. The standard InChI is InChI=1S/C19H23NO3S/c1-23-18-11-6-5-10-17(18)19(12-7-13-19)15-20-24(21,22)14-16-8-3-2-4-9-16/h2-6,8-11,20H,7,12-15H2,1H3. The van der Waals surface area contributed by atoms with Crippen molar-refractivity contribution >= 4 is 10.0 Å².